The SMILES string of the molecule is O=C(Cc1cccc(-c2ccccn2)c1)Nc1cc(Cl)ccc1C(=O)O. The van der Waals surface area contributed by atoms with Crippen molar-refractivity contribution in [2.45, 2.75) is 6.42 Å². The van der Waals surface area contributed by atoms with E-state index >= 15 is 0 Å². The molecule has 0 saturated heterocycles. The molecule has 0 aliphatic heterocycles. The number of hydrogen-bond acceptors (Lipinski definition) is 3. The largest absolute Gasteiger partial charge is 0.478 e. The molecule has 0 bridgehead atoms. The molecule has 0 unspecified atom stereocenters. The molecule has 0 aliphatic carbocycles. The number of benzene rings is 2. The molecule has 130 valence electrons. The Balaban J connectivity index is 1.77. The van der Waals surface area contributed by atoms with Gasteiger partial charge in [-0.2, -0.15) is 0 Å². The molecule has 1 heterocycles. The first-order chi connectivity index (χ1) is 12.5. The number of amides is 1. The molecule has 26 heavy (non-hydrogen) atoms. The van der Waals surface area contributed by atoms with Crippen molar-refractivity contribution in [3.63, 3.8) is 0 Å². The van der Waals surface area contributed by atoms with Gasteiger partial charge in [-0.05, 0) is 42.0 Å². The van der Waals surface area contributed by atoms with Crippen LogP contribution in [0.4, 0.5) is 5.69 Å². The third-order valence-electron chi connectivity index (χ3n) is 3.74. The third kappa shape index (κ3) is 4.26. The van der Waals surface area contributed by atoms with Gasteiger partial charge in [0.2, 0.25) is 5.91 Å². The number of nitrogens with one attached hydrogen (secondary N) is 1. The molecule has 0 radical (unpaired) electrons. The normalized spacial score (nSPS) is 10.3. The molecule has 5 nitrogen and oxygen atoms in total. The molecule has 3 rings (SSSR count). The lowest BCUT2D eigenvalue weighted by Gasteiger charge is -2.10. The molecule has 3 aromatic rings. The Morgan fingerprint density at radius 1 is 1.04 bits per heavy atom. The van der Waals surface area contributed by atoms with Crippen LogP contribution in [0.2, 0.25) is 5.02 Å². The van der Waals surface area contributed by atoms with Gasteiger partial charge in [0.05, 0.1) is 23.4 Å². The van der Waals surface area contributed by atoms with Gasteiger partial charge in [0.1, 0.15) is 0 Å². The number of carboxylic acids is 1. The summed E-state index contributed by atoms with van der Waals surface area (Å²) in [5, 5.41) is 12.2. The fourth-order valence-corrected chi connectivity index (χ4v) is 2.73. The third-order valence-corrected chi connectivity index (χ3v) is 3.97. The van der Waals surface area contributed by atoms with Gasteiger partial charge in [0, 0.05) is 16.8 Å². The van der Waals surface area contributed by atoms with Gasteiger partial charge in [0.25, 0.3) is 0 Å². The Bertz CT molecular complexity index is 958. The number of aromatic carboxylic acids is 1. The lowest BCUT2D eigenvalue weighted by molar-refractivity contribution is -0.115. The first kappa shape index (κ1) is 17.6. The number of anilines is 1. The minimum absolute atomic E-state index is 0.00927. The second kappa shape index (κ2) is 7.80. The van der Waals surface area contributed by atoms with E-state index in [4.69, 9.17) is 11.6 Å². The highest BCUT2D eigenvalue weighted by molar-refractivity contribution is 6.31. The van der Waals surface area contributed by atoms with Crippen LogP contribution in [0, 0.1) is 0 Å². The molecule has 0 spiro atoms. The maximum atomic E-state index is 12.4. The van der Waals surface area contributed by atoms with Gasteiger partial charge in [-0.1, -0.05) is 35.9 Å². The lowest BCUT2D eigenvalue weighted by Crippen LogP contribution is -2.16. The van der Waals surface area contributed by atoms with E-state index in [2.05, 4.69) is 10.3 Å². The number of halogens is 1. The summed E-state index contributed by atoms with van der Waals surface area (Å²) in [5.41, 5.74) is 2.69. The molecule has 6 heteroatoms. The van der Waals surface area contributed by atoms with Crippen LogP contribution in [-0.4, -0.2) is 22.0 Å². The van der Waals surface area contributed by atoms with Crippen LogP contribution in [0.5, 0.6) is 0 Å². The predicted octanol–water partition coefficient (Wildman–Crippen LogP) is 4.28. The second-order valence-electron chi connectivity index (χ2n) is 5.64. The van der Waals surface area contributed by atoms with E-state index in [-0.39, 0.29) is 23.6 Å². The van der Waals surface area contributed by atoms with E-state index in [1.54, 1.807) is 6.20 Å². The lowest BCUT2D eigenvalue weighted by atomic mass is 10.0. The van der Waals surface area contributed by atoms with Gasteiger partial charge in [-0.3, -0.25) is 9.78 Å². The summed E-state index contributed by atoms with van der Waals surface area (Å²) in [7, 11) is 0. The molecule has 0 saturated carbocycles. The van der Waals surface area contributed by atoms with E-state index in [0.29, 0.717) is 5.02 Å². The van der Waals surface area contributed by atoms with E-state index in [1.807, 2.05) is 42.5 Å². The summed E-state index contributed by atoms with van der Waals surface area (Å²) in [6.07, 6.45) is 1.81. The van der Waals surface area contributed by atoms with Crippen LogP contribution in [0.3, 0.4) is 0 Å². The van der Waals surface area contributed by atoms with E-state index < -0.39 is 5.97 Å². The maximum Gasteiger partial charge on any atom is 0.337 e. The van der Waals surface area contributed by atoms with Gasteiger partial charge in [-0.15, -0.1) is 0 Å². The van der Waals surface area contributed by atoms with Crippen molar-refractivity contribution in [2.24, 2.45) is 0 Å². The van der Waals surface area contributed by atoms with Crippen molar-refractivity contribution >= 4 is 29.2 Å². The minimum Gasteiger partial charge on any atom is -0.478 e. The number of carbonyl (C=O) groups is 2. The summed E-state index contributed by atoms with van der Waals surface area (Å²) in [6.45, 7) is 0. The first-order valence-corrected chi connectivity index (χ1v) is 8.24. The minimum atomic E-state index is -1.13. The van der Waals surface area contributed by atoms with Crippen LogP contribution >= 0.6 is 11.6 Å². The zero-order valence-corrected chi connectivity index (χ0v) is 14.4. The molecule has 0 fully saturated rings. The average molecular weight is 367 g/mol. The number of nitrogens with zero attached hydrogens (tertiary/aromatic N) is 1. The Kier molecular flexibility index (Phi) is 5.29. The molecule has 0 aliphatic rings. The fourth-order valence-electron chi connectivity index (χ4n) is 2.56. The van der Waals surface area contributed by atoms with Crippen LogP contribution in [0.1, 0.15) is 15.9 Å². The van der Waals surface area contributed by atoms with Gasteiger partial charge in [-0.25, -0.2) is 4.79 Å². The Hall–Kier alpha value is -3.18. The van der Waals surface area contributed by atoms with Gasteiger partial charge >= 0.3 is 5.97 Å². The summed E-state index contributed by atoms with van der Waals surface area (Å²) in [6, 6.07) is 17.4. The Labute approximate surface area is 155 Å². The number of hydrogen-bond donors (Lipinski definition) is 2. The second-order valence-corrected chi connectivity index (χ2v) is 6.07. The maximum absolute atomic E-state index is 12.4. The summed E-state index contributed by atoms with van der Waals surface area (Å²) in [5.74, 6) is -1.46. The molecule has 1 aromatic heterocycles. The molecular formula is C20H15ClN2O3. The molecule has 2 aromatic carbocycles. The summed E-state index contributed by atoms with van der Waals surface area (Å²) >= 11 is 5.90. The molecular weight excluding hydrogens is 352 g/mol. The van der Waals surface area contributed by atoms with Crippen LogP contribution < -0.4 is 5.32 Å². The van der Waals surface area contributed by atoms with Crippen molar-refractivity contribution in [3.05, 3.63) is 83.0 Å². The zero-order valence-electron chi connectivity index (χ0n) is 13.6. The Morgan fingerprint density at radius 3 is 2.62 bits per heavy atom. The van der Waals surface area contributed by atoms with E-state index in [1.165, 1.54) is 18.2 Å². The van der Waals surface area contributed by atoms with Gasteiger partial charge < -0.3 is 10.4 Å². The highest BCUT2D eigenvalue weighted by atomic mass is 35.5. The Morgan fingerprint density at radius 2 is 1.88 bits per heavy atom. The highest BCUT2D eigenvalue weighted by Gasteiger charge is 2.13. The smallest absolute Gasteiger partial charge is 0.337 e. The van der Waals surface area contributed by atoms with Crippen molar-refractivity contribution in [1.29, 1.82) is 0 Å². The average Bonchev–Trinajstić information content (AvgIpc) is 2.62. The number of rotatable bonds is 5. The number of carboxylic acid groups (broad SMARTS) is 1. The van der Waals surface area contributed by atoms with E-state index in [9.17, 15) is 14.7 Å². The van der Waals surface area contributed by atoms with Crippen LogP contribution in [0.15, 0.2) is 66.9 Å². The molecule has 1 amide bonds. The van der Waals surface area contributed by atoms with Crippen molar-refractivity contribution in [2.75, 3.05) is 5.32 Å². The fraction of sp³-hybridized carbons (Fsp3) is 0.0500. The molecule has 0 atom stereocenters. The monoisotopic (exact) mass is 366 g/mol. The number of pyridine rings is 1. The zero-order chi connectivity index (χ0) is 18.5. The van der Waals surface area contributed by atoms with Crippen LogP contribution in [-0.2, 0) is 11.2 Å². The van der Waals surface area contributed by atoms with Crippen molar-refractivity contribution in [3.8, 4) is 11.3 Å². The van der Waals surface area contributed by atoms with Crippen LogP contribution in [0.25, 0.3) is 11.3 Å². The quantitative estimate of drug-likeness (QED) is 0.706. The highest BCUT2D eigenvalue weighted by Crippen LogP contribution is 2.22. The van der Waals surface area contributed by atoms with Crippen molar-refractivity contribution in [1.82, 2.24) is 4.98 Å². The summed E-state index contributed by atoms with van der Waals surface area (Å²) < 4.78 is 0. The summed E-state index contributed by atoms with van der Waals surface area (Å²) in [4.78, 5) is 27.9. The topological polar surface area (TPSA) is 79.3 Å². The van der Waals surface area contributed by atoms with E-state index in [0.717, 1.165) is 16.8 Å². The molecule has 2 N–H and O–H groups in total. The predicted molar refractivity (Wildman–Crippen MR) is 100 cm³/mol. The standard InChI is InChI=1S/C20H15ClN2O3/c21-15-7-8-16(20(25)26)18(12-15)23-19(24)11-13-4-3-5-14(10-13)17-6-1-2-9-22-17/h1-10,12H,11H2,(H,23,24)(H,25,26). The van der Waals surface area contributed by atoms with Crippen molar-refractivity contribution < 1.29 is 14.7 Å². The first-order valence-electron chi connectivity index (χ1n) is 7.86. The number of carbonyl (C=O) groups excluding carboxylic acids is 1. The van der Waals surface area contributed by atoms with Gasteiger partial charge in [0.15, 0.2) is 0 Å². The number of aromatic nitrogens is 1.